The van der Waals surface area contributed by atoms with Crippen molar-refractivity contribution in [3.63, 3.8) is 0 Å². The fraction of sp³-hybridized carbons (Fsp3) is 0.769. The highest BCUT2D eigenvalue weighted by molar-refractivity contribution is 5.79. The average molecular weight is 226 g/mol. The van der Waals surface area contributed by atoms with E-state index in [-0.39, 0.29) is 5.41 Å². The predicted octanol–water partition coefficient (Wildman–Crippen LogP) is 2.59. The van der Waals surface area contributed by atoms with Crippen molar-refractivity contribution in [2.75, 3.05) is 0 Å². The summed E-state index contributed by atoms with van der Waals surface area (Å²) in [7, 11) is 0. The largest absolute Gasteiger partial charge is 0.478 e. The topological polar surface area (TPSA) is 57.5 Å². The number of hydrogen-bond donors (Lipinski definition) is 2. The van der Waals surface area contributed by atoms with Gasteiger partial charge in [0.25, 0.3) is 0 Å². The molecule has 0 spiro atoms. The summed E-state index contributed by atoms with van der Waals surface area (Å²) in [5.41, 5.74) is -0.627. The molecule has 0 aromatic heterocycles. The first-order chi connectivity index (χ1) is 7.23. The van der Waals surface area contributed by atoms with Crippen LogP contribution in [0.1, 0.15) is 46.5 Å². The highest BCUT2D eigenvalue weighted by atomic mass is 16.4. The maximum Gasteiger partial charge on any atom is 0.328 e. The summed E-state index contributed by atoms with van der Waals surface area (Å²) in [6.45, 7) is 6.65. The average Bonchev–Trinajstić information content (AvgIpc) is 2.14. The van der Waals surface area contributed by atoms with E-state index in [1.54, 1.807) is 0 Å². The van der Waals surface area contributed by atoms with Crippen molar-refractivity contribution in [1.82, 2.24) is 0 Å². The number of rotatable bonds is 2. The zero-order valence-electron chi connectivity index (χ0n) is 10.4. The van der Waals surface area contributed by atoms with Crippen LogP contribution in [0.25, 0.3) is 0 Å². The van der Waals surface area contributed by atoms with E-state index in [1.807, 2.05) is 0 Å². The molecule has 0 radical (unpaired) electrons. The summed E-state index contributed by atoms with van der Waals surface area (Å²) in [6, 6.07) is 0. The first kappa shape index (κ1) is 13.2. The van der Waals surface area contributed by atoms with Crippen LogP contribution in [0.5, 0.6) is 0 Å². The van der Waals surface area contributed by atoms with Crippen LogP contribution in [0.2, 0.25) is 0 Å². The third-order valence-electron chi connectivity index (χ3n) is 3.61. The van der Waals surface area contributed by atoms with Crippen molar-refractivity contribution < 1.29 is 15.0 Å². The molecule has 1 aliphatic rings. The van der Waals surface area contributed by atoms with Crippen LogP contribution in [0.4, 0.5) is 0 Å². The van der Waals surface area contributed by atoms with Crippen molar-refractivity contribution in [1.29, 1.82) is 0 Å². The Hall–Kier alpha value is -0.830. The lowest BCUT2D eigenvalue weighted by molar-refractivity contribution is -0.131. The molecule has 0 aromatic rings. The molecule has 1 fully saturated rings. The van der Waals surface area contributed by atoms with E-state index in [0.717, 1.165) is 18.9 Å². The zero-order valence-corrected chi connectivity index (χ0v) is 10.4. The molecule has 3 heteroatoms. The highest BCUT2D eigenvalue weighted by Crippen LogP contribution is 2.41. The van der Waals surface area contributed by atoms with Gasteiger partial charge in [-0.1, -0.05) is 20.8 Å². The first-order valence-electron chi connectivity index (χ1n) is 5.87. The van der Waals surface area contributed by atoms with Gasteiger partial charge < -0.3 is 10.2 Å². The van der Waals surface area contributed by atoms with Crippen molar-refractivity contribution in [2.24, 2.45) is 11.3 Å². The molecule has 1 saturated carbocycles. The summed E-state index contributed by atoms with van der Waals surface area (Å²) >= 11 is 0. The molecule has 0 heterocycles. The molecule has 92 valence electrons. The Morgan fingerprint density at radius 2 is 1.81 bits per heavy atom. The van der Waals surface area contributed by atoms with Gasteiger partial charge >= 0.3 is 5.97 Å². The van der Waals surface area contributed by atoms with Crippen LogP contribution < -0.4 is 0 Å². The van der Waals surface area contributed by atoms with Gasteiger partial charge in [-0.25, -0.2) is 4.79 Å². The van der Waals surface area contributed by atoms with E-state index < -0.39 is 11.6 Å². The molecule has 0 atom stereocenters. The minimum atomic E-state index is -0.994. The maximum atomic E-state index is 10.4. The summed E-state index contributed by atoms with van der Waals surface area (Å²) < 4.78 is 0. The summed E-state index contributed by atoms with van der Waals surface area (Å²) in [5.74, 6) is -0.377. The van der Waals surface area contributed by atoms with Crippen LogP contribution in [0.3, 0.4) is 0 Å². The van der Waals surface area contributed by atoms with E-state index >= 15 is 0 Å². The van der Waals surface area contributed by atoms with Crippen LogP contribution >= 0.6 is 0 Å². The lowest BCUT2D eigenvalue weighted by atomic mass is 9.68. The SMILES string of the molecule is CC(C)(C)C1CCC(O)(/C=C/C(=O)O)CC1. The van der Waals surface area contributed by atoms with E-state index in [1.165, 1.54) is 6.08 Å². The van der Waals surface area contributed by atoms with E-state index in [9.17, 15) is 9.90 Å². The Balaban J connectivity index is 2.57. The van der Waals surface area contributed by atoms with Gasteiger partial charge in [0.05, 0.1) is 5.60 Å². The Bertz CT molecular complexity index is 278. The van der Waals surface area contributed by atoms with E-state index in [0.29, 0.717) is 18.8 Å². The van der Waals surface area contributed by atoms with Gasteiger partial charge in [0.15, 0.2) is 0 Å². The predicted molar refractivity (Wildman–Crippen MR) is 63.1 cm³/mol. The standard InChI is InChI=1S/C13H22O3/c1-12(2,3)10-4-7-13(16,8-5-10)9-6-11(14)15/h6,9-10,16H,4-5,7-8H2,1-3H3,(H,14,15)/b9-6+. The summed E-state index contributed by atoms with van der Waals surface area (Å²) in [4.78, 5) is 10.4. The van der Waals surface area contributed by atoms with Gasteiger partial charge in [-0.2, -0.15) is 0 Å². The van der Waals surface area contributed by atoms with Crippen molar-refractivity contribution in [3.8, 4) is 0 Å². The highest BCUT2D eigenvalue weighted by Gasteiger charge is 2.35. The Morgan fingerprint density at radius 1 is 1.31 bits per heavy atom. The van der Waals surface area contributed by atoms with Gasteiger partial charge in [0.1, 0.15) is 0 Å². The van der Waals surface area contributed by atoms with Crippen LogP contribution in [-0.4, -0.2) is 21.8 Å². The summed E-state index contributed by atoms with van der Waals surface area (Å²) in [6.07, 6.45) is 5.75. The van der Waals surface area contributed by atoms with Crippen molar-refractivity contribution in [2.45, 2.75) is 52.1 Å². The molecular formula is C13H22O3. The molecule has 1 aliphatic carbocycles. The number of carboxylic acids is 1. The van der Waals surface area contributed by atoms with Gasteiger partial charge in [-0.05, 0) is 43.1 Å². The second kappa shape index (κ2) is 4.58. The van der Waals surface area contributed by atoms with Gasteiger partial charge in [0.2, 0.25) is 0 Å². The number of aliphatic hydroxyl groups is 1. The van der Waals surface area contributed by atoms with Crippen LogP contribution in [-0.2, 0) is 4.79 Å². The Labute approximate surface area is 97.2 Å². The molecule has 3 nitrogen and oxygen atoms in total. The molecule has 0 bridgehead atoms. The fourth-order valence-electron chi connectivity index (χ4n) is 2.38. The Kier molecular flexibility index (Phi) is 3.79. The number of carbonyl (C=O) groups is 1. The minimum absolute atomic E-state index is 0.276. The third-order valence-corrected chi connectivity index (χ3v) is 3.61. The number of aliphatic carboxylic acids is 1. The smallest absolute Gasteiger partial charge is 0.328 e. The Morgan fingerprint density at radius 3 is 2.19 bits per heavy atom. The molecule has 16 heavy (non-hydrogen) atoms. The van der Waals surface area contributed by atoms with Gasteiger partial charge in [-0.15, -0.1) is 0 Å². The van der Waals surface area contributed by atoms with Crippen LogP contribution in [0.15, 0.2) is 12.2 Å². The number of hydrogen-bond acceptors (Lipinski definition) is 2. The van der Waals surface area contributed by atoms with Gasteiger partial charge in [-0.3, -0.25) is 0 Å². The normalized spacial score (nSPS) is 31.9. The minimum Gasteiger partial charge on any atom is -0.478 e. The second-order valence-electron chi connectivity index (χ2n) is 5.92. The molecule has 0 aliphatic heterocycles. The van der Waals surface area contributed by atoms with E-state index in [2.05, 4.69) is 20.8 Å². The quantitative estimate of drug-likeness (QED) is 0.711. The lowest BCUT2D eigenvalue weighted by Gasteiger charge is -2.40. The molecule has 0 saturated heterocycles. The first-order valence-corrected chi connectivity index (χ1v) is 5.87. The molecule has 0 amide bonds. The summed E-state index contributed by atoms with van der Waals surface area (Å²) in [5, 5.41) is 18.7. The molecule has 0 unspecified atom stereocenters. The van der Waals surface area contributed by atoms with Gasteiger partial charge in [0, 0.05) is 6.08 Å². The van der Waals surface area contributed by atoms with Crippen LogP contribution in [0, 0.1) is 11.3 Å². The monoisotopic (exact) mass is 226 g/mol. The maximum absolute atomic E-state index is 10.4. The fourth-order valence-corrected chi connectivity index (χ4v) is 2.38. The molecule has 0 aromatic carbocycles. The second-order valence-corrected chi connectivity index (χ2v) is 5.92. The molecule has 1 rings (SSSR count). The third kappa shape index (κ3) is 3.63. The zero-order chi connectivity index (χ0) is 12.4. The van der Waals surface area contributed by atoms with Crippen molar-refractivity contribution >= 4 is 5.97 Å². The molecular weight excluding hydrogens is 204 g/mol. The van der Waals surface area contributed by atoms with Crippen molar-refractivity contribution in [3.05, 3.63) is 12.2 Å². The molecule has 2 N–H and O–H groups in total. The van der Waals surface area contributed by atoms with E-state index in [4.69, 9.17) is 5.11 Å². The lowest BCUT2D eigenvalue weighted by Crippen LogP contribution is -2.36. The number of carboxylic acid groups (broad SMARTS) is 1.